The molecule has 7 heterocycles. The summed E-state index contributed by atoms with van der Waals surface area (Å²) in [6, 6.07) is 92.8. The summed E-state index contributed by atoms with van der Waals surface area (Å²) in [5.74, 6) is 0.395. The maximum Gasteiger partial charge on any atom is 0.116 e. The van der Waals surface area contributed by atoms with E-state index in [1.54, 1.807) is 6.33 Å². The fourth-order valence-electron chi connectivity index (χ4n) is 16.0. The van der Waals surface area contributed by atoms with E-state index >= 15 is 0 Å². The minimum absolute atomic E-state index is 0.395. The Balaban J connectivity index is 0.667. The van der Waals surface area contributed by atoms with E-state index in [4.69, 9.17) is 19.9 Å². The molecule has 0 spiro atoms. The van der Waals surface area contributed by atoms with Gasteiger partial charge in [-0.25, -0.2) is 9.97 Å². The Morgan fingerprint density at radius 3 is 1.40 bits per heavy atom. The van der Waals surface area contributed by atoms with Gasteiger partial charge in [0.25, 0.3) is 0 Å². The molecule has 19 rings (SSSR count). The minimum atomic E-state index is 0.395. The molecule has 0 radical (unpaired) electrons. The first-order chi connectivity index (χ1) is 47.5. The molecule has 1 unspecified atom stereocenters. The number of aromatic nitrogens is 8. The summed E-state index contributed by atoms with van der Waals surface area (Å²) in [6.07, 6.45) is 17.8. The molecule has 2 aliphatic rings. The van der Waals surface area contributed by atoms with Crippen LogP contribution < -0.4 is 0 Å². The molecule has 0 aliphatic heterocycles. The van der Waals surface area contributed by atoms with Gasteiger partial charge in [0.05, 0.1) is 55.9 Å². The Bertz CT molecular complexity index is 6070. The minimum Gasteiger partial charge on any atom is -0.313 e. The van der Waals surface area contributed by atoms with Crippen molar-refractivity contribution in [2.75, 3.05) is 0 Å². The Morgan fingerprint density at radius 2 is 0.792 bits per heavy atom. The van der Waals surface area contributed by atoms with Crippen molar-refractivity contribution in [1.82, 2.24) is 38.2 Å². The van der Waals surface area contributed by atoms with Gasteiger partial charge in [-0.1, -0.05) is 177 Å². The second-order valence-electron chi connectivity index (χ2n) is 25.7. The number of allylic oxidation sites excluding steroid dienone is 2. The third kappa shape index (κ3) is 8.75. The molecule has 0 fully saturated rings. The van der Waals surface area contributed by atoms with Crippen molar-refractivity contribution in [3.8, 4) is 90.0 Å². The molecule has 0 bridgehead atoms. The second-order valence-corrected chi connectivity index (χ2v) is 25.7. The lowest BCUT2D eigenvalue weighted by atomic mass is 9.93. The maximum atomic E-state index is 5.03. The quantitative estimate of drug-likeness (QED) is 0.137. The van der Waals surface area contributed by atoms with Gasteiger partial charge in [0, 0.05) is 113 Å². The van der Waals surface area contributed by atoms with Crippen molar-refractivity contribution < 1.29 is 0 Å². The molecule has 8 nitrogen and oxygen atoms in total. The zero-order valence-corrected chi connectivity index (χ0v) is 53.1. The van der Waals surface area contributed by atoms with Crippen molar-refractivity contribution >= 4 is 77.6 Å². The van der Waals surface area contributed by atoms with Gasteiger partial charge in [-0.3, -0.25) is 9.97 Å². The summed E-state index contributed by atoms with van der Waals surface area (Å²) in [6.45, 7) is 4.51. The Kier molecular flexibility index (Phi) is 12.8. The Morgan fingerprint density at radius 1 is 0.354 bits per heavy atom. The predicted octanol–water partition coefficient (Wildman–Crippen LogP) is 22.1. The first-order valence-electron chi connectivity index (χ1n) is 33.3. The van der Waals surface area contributed by atoms with Gasteiger partial charge in [-0.05, 0) is 169 Å². The van der Waals surface area contributed by atoms with Crippen molar-refractivity contribution in [2.24, 2.45) is 0 Å². The molecule has 10 aromatic carbocycles. The zero-order chi connectivity index (χ0) is 63.5. The molecule has 2 aliphatic carbocycles. The molecule has 454 valence electrons. The number of hydrogen-bond acceptors (Lipinski definition) is 4. The van der Waals surface area contributed by atoms with E-state index in [1.807, 2.05) is 12.4 Å². The average molecular weight is 1230 g/mol. The van der Waals surface area contributed by atoms with E-state index in [0.717, 1.165) is 115 Å². The van der Waals surface area contributed by atoms with Crippen molar-refractivity contribution in [3.63, 3.8) is 0 Å². The lowest BCUT2D eigenvalue weighted by molar-refractivity contribution is 0.723. The second kappa shape index (κ2) is 22.2. The normalized spacial score (nSPS) is 13.6. The molecule has 1 atom stereocenters. The number of nitrogens with zero attached hydrogens (tertiary/aromatic N) is 8. The molecular formula is C88H62N8. The summed E-state index contributed by atoms with van der Waals surface area (Å²) in [5, 5.41) is 7.46. The van der Waals surface area contributed by atoms with Crippen LogP contribution in [-0.4, -0.2) is 38.2 Å². The monoisotopic (exact) mass is 1230 g/mol. The lowest BCUT2D eigenvalue weighted by Crippen LogP contribution is -2.07. The highest BCUT2D eigenvalue weighted by Gasteiger charge is 2.27. The highest BCUT2D eigenvalue weighted by molar-refractivity contribution is 6.19. The van der Waals surface area contributed by atoms with Crippen LogP contribution in [0.4, 0.5) is 0 Å². The highest BCUT2D eigenvalue weighted by Crippen LogP contribution is 2.47. The maximum absolute atomic E-state index is 5.03. The van der Waals surface area contributed by atoms with Gasteiger partial charge in [0.1, 0.15) is 6.33 Å². The molecule has 0 saturated heterocycles. The van der Waals surface area contributed by atoms with E-state index in [-0.39, 0.29) is 0 Å². The fraction of sp³-hybridized carbons (Fsp3) is 0.0682. The third-order valence-corrected chi connectivity index (χ3v) is 20.2. The number of fused-ring (bicyclic) bond motifs is 12. The number of hydrogen-bond donors (Lipinski definition) is 0. The fourth-order valence-corrected chi connectivity index (χ4v) is 16.0. The number of rotatable bonds is 10. The summed E-state index contributed by atoms with van der Waals surface area (Å²) >= 11 is 0. The average Bonchev–Trinajstić information content (AvgIpc) is 1.57. The summed E-state index contributed by atoms with van der Waals surface area (Å²) in [4.78, 5) is 19.9. The topological polar surface area (TPSA) is 71.3 Å². The van der Waals surface area contributed by atoms with E-state index < -0.39 is 0 Å². The van der Waals surface area contributed by atoms with Gasteiger partial charge in [0.2, 0.25) is 0 Å². The van der Waals surface area contributed by atoms with Gasteiger partial charge >= 0.3 is 0 Å². The van der Waals surface area contributed by atoms with E-state index in [0.29, 0.717) is 5.92 Å². The highest BCUT2D eigenvalue weighted by atomic mass is 15.0. The first kappa shape index (κ1) is 55.4. The van der Waals surface area contributed by atoms with Crippen LogP contribution in [0, 0.1) is 6.92 Å². The van der Waals surface area contributed by atoms with Gasteiger partial charge in [0.15, 0.2) is 0 Å². The van der Waals surface area contributed by atoms with Crippen LogP contribution in [0.2, 0.25) is 0 Å². The van der Waals surface area contributed by atoms with Crippen LogP contribution in [0.15, 0.2) is 286 Å². The van der Waals surface area contributed by atoms with E-state index in [1.165, 1.54) is 88.0 Å². The molecule has 17 aromatic rings. The van der Waals surface area contributed by atoms with E-state index in [9.17, 15) is 0 Å². The van der Waals surface area contributed by atoms with Crippen LogP contribution >= 0.6 is 0 Å². The van der Waals surface area contributed by atoms with Crippen LogP contribution in [0.3, 0.4) is 0 Å². The van der Waals surface area contributed by atoms with Crippen LogP contribution in [-0.2, 0) is 6.42 Å². The standard InChI is InChI=1S/C88H62N8/c1-55-20-13-36-72-69-31-5-10-39-79(69)96(88(55)72)66-28-17-24-62(51-66)87-56(2)86(91-54-92-87)61-23-16-27-65(50-61)95-81-41-12-7-33-74(81)85-71(35-19-43-83(85)95)70-34-18-42-82-84(70)73-32-6-11-40-80(73)94(82)64-26-15-22-58(49-64)60-45-47-90-76(53-60)75-52-59(44-46-89-75)57-21-14-25-63(48-57)93-77-37-8-3-29-67(77)68-30-4-9-38-78(68)93/h3-11,13-19,21-40,42-55H,12,20,41H2,1-2H3. The molecule has 8 heteroatoms. The number of benzene rings is 10. The molecule has 0 N–H and O–H groups in total. The van der Waals surface area contributed by atoms with Gasteiger partial charge < -0.3 is 18.3 Å². The predicted molar refractivity (Wildman–Crippen MR) is 397 cm³/mol. The van der Waals surface area contributed by atoms with E-state index in [2.05, 4.69) is 311 Å². The SMILES string of the molecule is Cc1c(-c2cccc(-n3c4c(c5ccccc53)C=CCC4C)c2)ncnc1-c1cccc(-n2c3c(c4c(-c5cccc6c5c5ccccc5n6-c5cccc(-c6ccnc(-c7cc(-c8cccc(-n9c%10ccccc%10c%10ccccc%109)c8)ccn7)c6)c5)cccc42)C=CCC3)c1. The first-order valence-corrected chi connectivity index (χ1v) is 33.3. The summed E-state index contributed by atoms with van der Waals surface area (Å²) in [5.41, 5.74) is 30.2. The molecule has 0 amide bonds. The van der Waals surface area contributed by atoms with Crippen LogP contribution in [0.5, 0.6) is 0 Å². The largest absolute Gasteiger partial charge is 0.313 e. The zero-order valence-electron chi connectivity index (χ0n) is 53.1. The van der Waals surface area contributed by atoms with Crippen LogP contribution in [0.25, 0.3) is 168 Å². The summed E-state index contributed by atoms with van der Waals surface area (Å²) < 4.78 is 9.79. The van der Waals surface area contributed by atoms with Gasteiger partial charge in [-0.15, -0.1) is 0 Å². The Hall–Kier alpha value is -12.3. The van der Waals surface area contributed by atoms with Crippen LogP contribution in [0.1, 0.15) is 53.8 Å². The molecule has 0 saturated carbocycles. The van der Waals surface area contributed by atoms with Crippen molar-refractivity contribution in [2.45, 2.75) is 39.0 Å². The smallest absolute Gasteiger partial charge is 0.116 e. The number of para-hydroxylation sites is 4. The molecular weight excluding hydrogens is 1170 g/mol. The third-order valence-electron chi connectivity index (χ3n) is 20.2. The Labute approximate surface area is 555 Å². The molecule has 7 aromatic heterocycles. The lowest BCUT2D eigenvalue weighted by Gasteiger charge is -2.20. The van der Waals surface area contributed by atoms with Crippen molar-refractivity contribution in [3.05, 3.63) is 314 Å². The number of pyridine rings is 2. The summed E-state index contributed by atoms with van der Waals surface area (Å²) in [7, 11) is 0. The molecule has 96 heavy (non-hydrogen) atoms. The van der Waals surface area contributed by atoms with Gasteiger partial charge in [-0.2, -0.15) is 0 Å². The van der Waals surface area contributed by atoms with Crippen molar-refractivity contribution in [1.29, 1.82) is 0 Å².